The monoisotopic (exact) mass is 420 g/mol. The standard InChI is InChI=1S/C26H16N2O2S/c27-16-18(26(29)30)14-20-11-13-25(31-20)17-10-12-24-22(15-17)21-8-4-5-9-23(21)28(24)19-6-2-1-3-7-19/h1-15H,(H,29,30)/b18-14+. The highest BCUT2D eigenvalue weighted by Gasteiger charge is 2.14. The number of hydrogen-bond donors (Lipinski definition) is 1. The summed E-state index contributed by atoms with van der Waals surface area (Å²) in [6.45, 7) is 0. The van der Waals surface area contributed by atoms with Crippen LogP contribution < -0.4 is 0 Å². The molecule has 5 aromatic rings. The quantitative estimate of drug-likeness (QED) is 0.266. The second kappa shape index (κ2) is 7.60. The normalized spacial score (nSPS) is 11.6. The number of hydrogen-bond acceptors (Lipinski definition) is 3. The smallest absolute Gasteiger partial charge is 0.346 e. The van der Waals surface area contributed by atoms with E-state index in [0.717, 1.165) is 37.4 Å². The number of thiophene rings is 1. The summed E-state index contributed by atoms with van der Waals surface area (Å²) in [6.07, 6.45) is 1.41. The molecule has 0 fully saturated rings. The van der Waals surface area contributed by atoms with Crippen molar-refractivity contribution in [2.75, 3.05) is 0 Å². The number of carboxylic acid groups (broad SMARTS) is 1. The average Bonchev–Trinajstić information content (AvgIpc) is 3.40. The minimum atomic E-state index is -1.22. The summed E-state index contributed by atoms with van der Waals surface area (Å²) in [5, 5.41) is 20.4. The number of para-hydroxylation sites is 2. The molecule has 31 heavy (non-hydrogen) atoms. The Hall–Kier alpha value is -4.14. The summed E-state index contributed by atoms with van der Waals surface area (Å²) in [5.41, 5.74) is 4.18. The van der Waals surface area contributed by atoms with E-state index in [0.29, 0.717) is 0 Å². The maximum Gasteiger partial charge on any atom is 0.346 e. The number of aromatic nitrogens is 1. The minimum Gasteiger partial charge on any atom is -0.477 e. The number of aliphatic carboxylic acids is 1. The van der Waals surface area contributed by atoms with Crippen LogP contribution in [0.15, 0.2) is 90.5 Å². The first-order valence-electron chi connectivity index (χ1n) is 9.69. The number of rotatable bonds is 4. The van der Waals surface area contributed by atoms with Crippen LogP contribution in [-0.2, 0) is 4.79 Å². The lowest BCUT2D eigenvalue weighted by atomic mass is 10.1. The maximum absolute atomic E-state index is 11.1. The highest BCUT2D eigenvalue weighted by Crippen LogP contribution is 2.36. The van der Waals surface area contributed by atoms with Crippen LogP contribution in [0.3, 0.4) is 0 Å². The third-order valence-corrected chi connectivity index (χ3v) is 6.32. The molecule has 3 aromatic carbocycles. The van der Waals surface area contributed by atoms with Crippen LogP contribution in [0.25, 0.3) is 44.0 Å². The summed E-state index contributed by atoms with van der Waals surface area (Å²) in [7, 11) is 0. The molecule has 0 atom stereocenters. The predicted molar refractivity (Wildman–Crippen MR) is 125 cm³/mol. The molecule has 2 aromatic heterocycles. The first-order chi connectivity index (χ1) is 15.2. The number of carbonyl (C=O) groups is 1. The molecule has 0 saturated heterocycles. The molecule has 2 heterocycles. The molecule has 0 amide bonds. The zero-order valence-electron chi connectivity index (χ0n) is 16.3. The molecular weight excluding hydrogens is 404 g/mol. The zero-order valence-corrected chi connectivity index (χ0v) is 17.1. The molecular formula is C26H16N2O2S. The fourth-order valence-electron chi connectivity index (χ4n) is 3.85. The molecule has 5 rings (SSSR count). The zero-order chi connectivity index (χ0) is 21.4. The van der Waals surface area contributed by atoms with E-state index in [2.05, 4.69) is 53.1 Å². The minimum absolute atomic E-state index is 0.269. The Kier molecular flexibility index (Phi) is 4.62. The summed E-state index contributed by atoms with van der Waals surface area (Å²) >= 11 is 1.47. The molecule has 1 N–H and O–H groups in total. The van der Waals surface area contributed by atoms with Gasteiger partial charge in [-0.2, -0.15) is 5.26 Å². The Bertz CT molecular complexity index is 1520. The van der Waals surface area contributed by atoms with E-state index in [-0.39, 0.29) is 5.57 Å². The van der Waals surface area contributed by atoms with Crippen molar-refractivity contribution in [3.63, 3.8) is 0 Å². The van der Waals surface area contributed by atoms with Gasteiger partial charge in [-0.15, -0.1) is 11.3 Å². The third-order valence-electron chi connectivity index (χ3n) is 5.24. The molecule has 0 aliphatic heterocycles. The number of fused-ring (bicyclic) bond motifs is 3. The molecule has 0 unspecified atom stereocenters. The predicted octanol–water partition coefficient (Wildman–Crippen LogP) is 6.50. The fraction of sp³-hybridized carbons (Fsp3) is 0. The molecule has 4 nitrogen and oxygen atoms in total. The highest BCUT2D eigenvalue weighted by molar-refractivity contribution is 7.16. The lowest BCUT2D eigenvalue weighted by Crippen LogP contribution is -1.96. The van der Waals surface area contributed by atoms with Crippen LogP contribution in [-0.4, -0.2) is 15.6 Å². The highest BCUT2D eigenvalue weighted by atomic mass is 32.1. The largest absolute Gasteiger partial charge is 0.477 e. The molecule has 0 spiro atoms. The van der Waals surface area contributed by atoms with E-state index in [1.165, 1.54) is 22.8 Å². The van der Waals surface area contributed by atoms with Gasteiger partial charge in [-0.1, -0.05) is 42.5 Å². The summed E-state index contributed by atoms with van der Waals surface area (Å²) in [6, 6.07) is 30.6. The van der Waals surface area contributed by atoms with Gasteiger partial charge in [0.15, 0.2) is 0 Å². The van der Waals surface area contributed by atoms with Crippen molar-refractivity contribution in [2.45, 2.75) is 0 Å². The van der Waals surface area contributed by atoms with Gasteiger partial charge in [0.1, 0.15) is 11.6 Å². The number of nitrogens with zero attached hydrogens (tertiary/aromatic N) is 2. The molecule has 5 heteroatoms. The summed E-state index contributed by atoms with van der Waals surface area (Å²) in [4.78, 5) is 12.9. The summed E-state index contributed by atoms with van der Waals surface area (Å²) in [5.74, 6) is -1.22. The van der Waals surface area contributed by atoms with Crippen LogP contribution in [0.5, 0.6) is 0 Å². The Morgan fingerprint density at radius 2 is 1.65 bits per heavy atom. The molecule has 148 valence electrons. The number of benzene rings is 3. The molecule has 0 aliphatic carbocycles. The summed E-state index contributed by atoms with van der Waals surface area (Å²) < 4.78 is 2.27. The lowest BCUT2D eigenvalue weighted by molar-refractivity contribution is -0.132. The van der Waals surface area contributed by atoms with E-state index in [1.807, 2.05) is 36.4 Å². The molecule has 0 saturated carbocycles. The third kappa shape index (κ3) is 3.29. The van der Waals surface area contributed by atoms with Crippen LogP contribution in [0.2, 0.25) is 0 Å². The first kappa shape index (κ1) is 18.9. The van der Waals surface area contributed by atoms with Crippen molar-refractivity contribution in [3.8, 4) is 22.2 Å². The van der Waals surface area contributed by atoms with E-state index in [1.54, 1.807) is 6.07 Å². The van der Waals surface area contributed by atoms with Crippen molar-refractivity contribution in [3.05, 3.63) is 95.4 Å². The van der Waals surface area contributed by atoms with Crippen molar-refractivity contribution in [1.29, 1.82) is 5.26 Å². The number of nitriles is 1. The van der Waals surface area contributed by atoms with Gasteiger partial charge >= 0.3 is 5.97 Å². The SMILES string of the molecule is N#C/C(=C\c1ccc(-c2ccc3c(c2)c2ccccc2n3-c2ccccc2)s1)C(=O)O. The van der Waals surface area contributed by atoms with Crippen molar-refractivity contribution >= 4 is 45.2 Å². The molecule has 0 aliphatic rings. The van der Waals surface area contributed by atoms with Crippen molar-refractivity contribution in [1.82, 2.24) is 4.57 Å². The van der Waals surface area contributed by atoms with E-state index < -0.39 is 5.97 Å². The Balaban J connectivity index is 1.67. The number of carboxylic acids is 1. The average molecular weight is 420 g/mol. The Labute approximate surface area is 182 Å². The van der Waals surface area contributed by atoms with Crippen LogP contribution in [0.1, 0.15) is 4.88 Å². The second-order valence-electron chi connectivity index (χ2n) is 7.10. The second-order valence-corrected chi connectivity index (χ2v) is 8.21. The van der Waals surface area contributed by atoms with Gasteiger partial charge in [0.25, 0.3) is 0 Å². The Morgan fingerprint density at radius 1 is 0.903 bits per heavy atom. The molecule has 0 bridgehead atoms. The molecule has 0 radical (unpaired) electrons. The van der Waals surface area contributed by atoms with Crippen molar-refractivity contribution < 1.29 is 9.90 Å². The van der Waals surface area contributed by atoms with Crippen molar-refractivity contribution in [2.24, 2.45) is 0 Å². The van der Waals surface area contributed by atoms with E-state index in [9.17, 15) is 4.79 Å². The van der Waals surface area contributed by atoms with Gasteiger partial charge in [0.05, 0.1) is 11.0 Å². The van der Waals surface area contributed by atoms with E-state index in [4.69, 9.17) is 10.4 Å². The van der Waals surface area contributed by atoms with Gasteiger partial charge in [-0.05, 0) is 54.1 Å². The Morgan fingerprint density at radius 3 is 2.42 bits per heavy atom. The van der Waals surface area contributed by atoms with Gasteiger partial charge < -0.3 is 9.67 Å². The van der Waals surface area contributed by atoms with Crippen LogP contribution >= 0.6 is 11.3 Å². The lowest BCUT2D eigenvalue weighted by Gasteiger charge is -2.07. The first-order valence-corrected chi connectivity index (χ1v) is 10.5. The van der Waals surface area contributed by atoms with Gasteiger partial charge in [-0.25, -0.2) is 4.79 Å². The van der Waals surface area contributed by atoms with Crippen LogP contribution in [0.4, 0.5) is 0 Å². The topological polar surface area (TPSA) is 66.0 Å². The maximum atomic E-state index is 11.1. The van der Waals surface area contributed by atoms with Gasteiger partial charge in [-0.3, -0.25) is 0 Å². The van der Waals surface area contributed by atoms with Gasteiger partial charge in [0.2, 0.25) is 0 Å². The van der Waals surface area contributed by atoms with E-state index >= 15 is 0 Å². The van der Waals surface area contributed by atoms with Crippen LogP contribution in [0, 0.1) is 11.3 Å². The fourth-order valence-corrected chi connectivity index (χ4v) is 4.80. The van der Waals surface area contributed by atoms with Gasteiger partial charge in [0, 0.05) is 26.2 Å².